The zero-order chi connectivity index (χ0) is 12.3. The maximum atomic E-state index is 9.95. The number of aliphatic hydroxyl groups excluding tert-OH is 1. The first kappa shape index (κ1) is 13.2. The van der Waals surface area contributed by atoms with Crippen molar-refractivity contribution >= 4 is 38.6 Å². The van der Waals surface area contributed by atoms with Gasteiger partial charge in [-0.1, -0.05) is 0 Å². The van der Waals surface area contributed by atoms with Crippen molar-refractivity contribution in [3.05, 3.63) is 43.2 Å². The SMILES string of the molecule is CC(NCC(O)c1ccsc1)c1cc(Br)cs1. The second-order valence-corrected chi connectivity index (χ2v) is 6.51. The molecule has 0 spiro atoms. The molecule has 0 saturated carbocycles. The Morgan fingerprint density at radius 2 is 2.29 bits per heavy atom. The highest BCUT2D eigenvalue weighted by Crippen LogP contribution is 2.25. The first-order valence-electron chi connectivity index (χ1n) is 5.34. The monoisotopic (exact) mass is 331 g/mol. The second-order valence-electron chi connectivity index (χ2n) is 3.87. The standard InChI is InChI=1S/C12H14BrNOS2/c1-8(12-4-10(13)7-17-12)14-5-11(15)9-2-3-16-6-9/h2-4,6-8,11,14-15H,5H2,1H3. The molecule has 0 fully saturated rings. The number of halogens is 1. The van der Waals surface area contributed by atoms with E-state index in [0.717, 1.165) is 10.0 Å². The van der Waals surface area contributed by atoms with Crippen molar-refractivity contribution < 1.29 is 5.11 Å². The first-order chi connectivity index (χ1) is 8.16. The Hall–Kier alpha value is -0.200. The zero-order valence-corrected chi connectivity index (χ0v) is 12.6. The lowest BCUT2D eigenvalue weighted by Crippen LogP contribution is -2.23. The summed E-state index contributed by atoms with van der Waals surface area (Å²) in [7, 11) is 0. The van der Waals surface area contributed by atoms with Gasteiger partial charge in [-0.25, -0.2) is 0 Å². The third-order valence-corrected chi connectivity index (χ3v) is 5.14. The third-order valence-electron chi connectivity index (χ3n) is 2.56. The molecule has 2 heterocycles. The van der Waals surface area contributed by atoms with Crippen LogP contribution in [0.5, 0.6) is 0 Å². The average molecular weight is 332 g/mol. The third kappa shape index (κ3) is 3.63. The highest BCUT2D eigenvalue weighted by atomic mass is 79.9. The van der Waals surface area contributed by atoms with Crippen molar-refractivity contribution in [2.24, 2.45) is 0 Å². The van der Waals surface area contributed by atoms with Crippen LogP contribution in [0.2, 0.25) is 0 Å². The summed E-state index contributed by atoms with van der Waals surface area (Å²) in [5, 5.41) is 19.3. The summed E-state index contributed by atoms with van der Waals surface area (Å²) in [5.41, 5.74) is 0.988. The summed E-state index contributed by atoms with van der Waals surface area (Å²) in [6.07, 6.45) is -0.424. The number of hydrogen-bond donors (Lipinski definition) is 2. The molecule has 2 aromatic heterocycles. The Morgan fingerprint density at radius 1 is 1.47 bits per heavy atom. The van der Waals surface area contributed by atoms with Crippen LogP contribution >= 0.6 is 38.6 Å². The fourth-order valence-corrected chi connectivity index (χ4v) is 3.71. The van der Waals surface area contributed by atoms with E-state index in [1.807, 2.05) is 16.8 Å². The largest absolute Gasteiger partial charge is 0.387 e. The molecule has 2 atom stereocenters. The molecule has 2 aromatic rings. The summed E-state index contributed by atoms with van der Waals surface area (Å²) in [6, 6.07) is 4.34. The van der Waals surface area contributed by atoms with Gasteiger partial charge in [-0.2, -0.15) is 11.3 Å². The van der Waals surface area contributed by atoms with Gasteiger partial charge in [0.25, 0.3) is 0 Å². The van der Waals surface area contributed by atoms with Crippen molar-refractivity contribution in [2.75, 3.05) is 6.54 Å². The lowest BCUT2D eigenvalue weighted by molar-refractivity contribution is 0.171. The van der Waals surface area contributed by atoms with Crippen LogP contribution < -0.4 is 5.32 Å². The highest BCUT2D eigenvalue weighted by Gasteiger charge is 2.12. The van der Waals surface area contributed by atoms with Gasteiger partial charge in [0, 0.05) is 27.3 Å². The Balaban J connectivity index is 1.86. The van der Waals surface area contributed by atoms with Gasteiger partial charge in [-0.05, 0) is 51.3 Å². The van der Waals surface area contributed by atoms with Crippen molar-refractivity contribution in [1.82, 2.24) is 5.32 Å². The highest BCUT2D eigenvalue weighted by molar-refractivity contribution is 9.10. The molecule has 92 valence electrons. The fourth-order valence-electron chi connectivity index (χ4n) is 1.53. The minimum atomic E-state index is -0.424. The van der Waals surface area contributed by atoms with E-state index in [9.17, 15) is 5.11 Å². The summed E-state index contributed by atoms with van der Waals surface area (Å²) < 4.78 is 1.12. The van der Waals surface area contributed by atoms with Crippen LogP contribution in [0.15, 0.2) is 32.7 Å². The lowest BCUT2D eigenvalue weighted by Gasteiger charge is -2.15. The van der Waals surface area contributed by atoms with Gasteiger partial charge < -0.3 is 10.4 Å². The van der Waals surface area contributed by atoms with Crippen molar-refractivity contribution in [3.8, 4) is 0 Å². The number of thiophene rings is 2. The number of nitrogens with one attached hydrogen (secondary N) is 1. The lowest BCUT2D eigenvalue weighted by atomic mass is 10.2. The van der Waals surface area contributed by atoms with Gasteiger partial charge in [0.1, 0.15) is 0 Å². The molecule has 0 aliphatic heterocycles. The Labute approximate surface area is 117 Å². The molecule has 5 heteroatoms. The van der Waals surface area contributed by atoms with E-state index in [0.29, 0.717) is 6.54 Å². The zero-order valence-electron chi connectivity index (χ0n) is 9.39. The molecule has 0 radical (unpaired) electrons. The molecule has 0 aromatic carbocycles. The van der Waals surface area contributed by atoms with E-state index in [2.05, 4.69) is 39.6 Å². The minimum Gasteiger partial charge on any atom is -0.387 e. The maximum absolute atomic E-state index is 9.95. The van der Waals surface area contributed by atoms with Crippen LogP contribution in [0.4, 0.5) is 0 Å². The molecule has 2 N–H and O–H groups in total. The normalized spacial score (nSPS) is 14.8. The topological polar surface area (TPSA) is 32.3 Å². The van der Waals surface area contributed by atoms with Crippen molar-refractivity contribution in [2.45, 2.75) is 19.1 Å². The molecule has 0 saturated heterocycles. The first-order valence-corrected chi connectivity index (χ1v) is 7.96. The Morgan fingerprint density at radius 3 is 2.88 bits per heavy atom. The van der Waals surface area contributed by atoms with E-state index < -0.39 is 6.10 Å². The van der Waals surface area contributed by atoms with Crippen LogP contribution in [0.1, 0.15) is 29.5 Å². The van der Waals surface area contributed by atoms with Crippen LogP contribution in [0, 0.1) is 0 Å². The molecule has 2 unspecified atom stereocenters. The van der Waals surface area contributed by atoms with Gasteiger partial charge in [0.15, 0.2) is 0 Å². The molecular formula is C12H14BrNOS2. The summed E-state index contributed by atoms with van der Waals surface area (Å²) in [4.78, 5) is 1.27. The van der Waals surface area contributed by atoms with Crippen LogP contribution in [-0.2, 0) is 0 Å². The predicted molar refractivity (Wildman–Crippen MR) is 77.7 cm³/mol. The predicted octanol–water partition coefficient (Wildman–Crippen LogP) is 3.96. The molecular weight excluding hydrogens is 318 g/mol. The molecule has 2 rings (SSSR count). The number of aliphatic hydroxyl groups is 1. The average Bonchev–Trinajstić information content (AvgIpc) is 2.95. The fraction of sp³-hybridized carbons (Fsp3) is 0.333. The molecule has 17 heavy (non-hydrogen) atoms. The molecule has 2 nitrogen and oxygen atoms in total. The maximum Gasteiger partial charge on any atom is 0.0922 e. The summed E-state index contributed by atoms with van der Waals surface area (Å²) >= 11 is 6.77. The van der Waals surface area contributed by atoms with E-state index in [-0.39, 0.29) is 6.04 Å². The van der Waals surface area contributed by atoms with Crippen molar-refractivity contribution in [1.29, 1.82) is 0 Å². The van der Waals surface area contributed by atoms with E-state index >= 15 is 0 Å². The van der Waals surface area contributed by atoms with Crippen molar-refractivity contribution in [3.63, 3.8) is 0 Å². The molecule has 0 aliphatic carbocycles. The van der Waals surface area contributed by atoms with Crippen LogP contribution in [0.3, 0.4) is 0 Å². The van der Waals surface area contributed by atoms with E-state index in [1.54, 1.807) is 22.7 Å². The minimum absolute atomic E-state index is 0.264. The Kier molecular flexibility index (Phi) is 4.76. The number of rotatable bonds is 5. The van der Waals surface area contributed by atoms with Gasteiger partial charge >= 0.3 is 0 Å². The summed E-state index contributed by atoms with van der Waals surface area (Å²) in [6.45, 7) is 2.69. The van der Waals surface area contributed by atoms with Crippen LogP contribution in [-0.4, -0.2) is 11.7 Å². The molecule has 0 aliphatic rings. The quantitative estimate of drug-likeness (QED) is 0.869. The summed E-state index contributed by atoms with van der Waals surface area (Å²) in [5.74, 6) is 0. The van der Waals surface area contributed by atoms with Gasteiger partial charge in [-0.15, -0.1) is 11.3 Å². The smallest absolute Gasteiger partial charge is 0.0922 e. The van der Waals surface area contributed by atoms with Gasteiger partial charge in [-0.3, -0.25) is 0 Å². The Bertz CT molecular complexity index is 455. The van der Waals surface area contributed by atoms with Gasteiger partial charge in [0.2, 0.25) is 0 Å². The van der Waals surface area contributed by atoms with Crippen LogP contribution in [0.25, 0.3) is 0 Å². The molecule has 0 bridgehead atoms. The molecule has 0 amide bonds. The second kappa shape index (κ2) is 6.11. The van der Waals surface area contributed by atoms with E-state index in [1.165, 1.54) is 4.88 Å². The van der Waals surface area contributed by atoms with E-state index in [4.69, 9.17) is 0 Å². The number of hydrogen-bond acceptors (Lipinski definition) is 4. The van der Waals surface area contributed by atoms with Gasteiger partial charge in [0.05, 0.1) is 6.10 Å².